The molecule has 1 saturated heterocycles. The number of benzene rings is 2. The molecule has 0 saturated carbocycles. The molecule has 1 aliphatic rings. The van der Waals surface area contributed by atoms with E-state index < -0.39 is 0 Å². The van der Waals surface area contributed by atoms with E-state index in [1.807, 2.05) is 43.0 Å². The van der Waals surface area contributed by atoms with Crippen molar-refractivity contribution in [3.05, 3.63) is 65.2 Å². The van der Waals surface area contributed by atoms with E-state index in [2.05, 4.69) is 6.07 Å². The number of amides is 1. The minimum atomic E-state index is -0.0231. The Kier molecular flexibility index (Phi) is 6.67. The molecule has 1 heterocycles. The highest BCUT2D eigenvalue weighted by Gasteiger charge is 2.20. The van der Waals surface area contributed by atoms with Crippen molar-refractivity contribution < 1.29 is 14.3 Å². The van der Waals surface area contributed by atoms with Gasteiger partial charge in [-0.15, -0.1) is 0 Å². The van der Waals surface area contributed by atoms with Crippen LogP contribution < -0.4 is 4.74 Å². The molecule has 5 nitrogen and oxygen atoms in total. The van der Waals surface area contributed by atoms with Crippen molar-refractivity contribution in [3.63, 3.8) is 0 Å². The highest BCUT2D eigenvalue weighted by atomic mass is 16.5. The first kappa shape index (κ1) is 19.9. The van der Waals surface area contributed by atoms with Gasteiger partial charge in [0.25, 0.3) is 5.91 Å². The van der Waals surface area contributed by atoms with Crippen molar-refractivity contribution in [1.29, 1.82) is 5.26 Å². The maximum atomic E-state index is 13.0. The average Bonchev–Trinajstić information content (AvgIpc) is 3.24. The highest BCUT2D eigenvalue weighted by Crippen LogP contribution is 2.19. The van der Waals surface area contributed by atoms with E-state index in [0.717, 1.165) is 30.8 Å². The van der Waals surface area contributed by atoms with Crippen LogP contribution in [0.4, 0.5) is 0 Å². The smallest absolute Gasteiger partial charge is 0.254 e. The van der Waals surface area contributed by atoms with Crippen molar-refractivity contribution >= 4 is 5.91 Å². The molecule has 0 bridgehead atoms. The Morgan fingerprint density at radius 2 is 1.93 bits per heavy atom. The third-order valence-electron chi connectivity index (χ3n) is 4.88. The Bertz CT molecular complexity index is 816. The highest BCUT2D eigenvalue weighted by molar-refractivity contribution is 5.94. The lowest BCUT2D eigenvalue weighted by Gasteiger charge is -2.27. The van der Waals surface area contributed by atoms with Gasteiger partial charge in [-0.3, -0.25) is 4.79 Å². The predicted molar refractivity (Wildman–Crippen MR) is 107 cm³/mol. The Balaban J connectivity index is 1.64. The summed E-state index contributed by atoms with van der Waals surface area (Å²) in [6, 6.07) is 16.8. The SMILES string of the molecule is CC(C)N(Cc1ccc(C#N)cc1)C(=O)c1ccc(OCC2CCCO2)cc1. The van der Waals surface area contributed by atoms with Crippen molar-refractivity contribution in [2.24, 2.45) is 0 Å². The fourth-order valence-electron chi connectivity index (χ4n) is 3.19. The largest absolute Gasteiger partial charge is 0.491 e. The minimum Gasteiger partial charge on any atom is -0.491 e. The van der Waals surface area contributed by atoms with Gasteiger partial charge in [-0.1, -0.05) is 12.1 Å². The van der Waals surface area contributed by atoms with E-state index in [1.54, 1.807) is 24.3 Å². The Morgan fingerprint density at radius 3 is 2.50 bits per heavy atom. The summed E-state index contributed by atoms with van der Waals surface area (Å²) in [5, 5.41) is 8.93. The second kappa shape index (κ2) is 9.38. The van der Waals surface area contributed by atoms with Crippen LogP contribution in [0.15, 0.2) is 48.5 Å². The molecule has 0 aliphatic carbocycles. The first-order chi connectivity index (χ1) is 13.6. The van der Waals surface area contributed by atoms with Crippen LogP contribution in [0.5, 0.6) is 5.75 Å². The zero-order valence-electron chi connectivity index (χ0n) is 16.4. The average molecular weight is 378 g/mol. The molecule has 1 aliphatic heterocycles. The van der Waals surface area contributed by atoms with Gasteiger partial charge in [-0.25, -0.2) is 0 Å². The predicted octanol–water partition coefficient (Wildman–Crippen LogP) is 4.17. The lowest BCUT2D eigenvalue weighted by Crippen LogP contribution is -2.36. The fourth-order valence-corrected chi connectivity index (χ4v) is 3.19. The molecular formula is C23H26N2O3. The molecule has 2 aromatic rings. The lowest BCUT2D eigenvalue weighted by atomic mass is 10.1. The number of nitrogens with zero attached hydrogens (tertiary/aromatic N) is 2. The lowest BCUT2D eigenvalue weighted by molar-refractivity contribution is 0.0674. The van der Waals surface area contributed by atoms with E-state index >= 15 is 0 Å². The maximum absolute atomic E-state index is 13.0. The van der Waals surface area contributed by atoms with E-state index in [4.69, 9.17) is 14.7 Å². The molecule has 0 spiro atoms. The van der Waals surface area contributed by atoms with E-state index in [-0.39, 0.29) is 18.1 Å². The van der Waals surface area contributed by atoms with Gasteiger partial charge in [-0.2, -0.15) is 5.26 Å². The normalized spacial score (nSPS) is 16.0. The van der Waals surface area contributed by atoms with Crippen LogP contribution in [-0.2, 0) is 11.3 Å². The van der Waals surface area contributed by atoms with Gasteiger partial charge in [0.2, 0.25) is 0 Å². The van der Waals surface area contributed by atoms with Crippen molar-refractivity contribution in [1.82, 2.24) is 4.90 Å². The fraction of sp³-hybridized carbons (Fsp3) is 0.391. The molecule has 2 aromatic carbocycles. The first-order valence-corrected chi connectivity index (χ1v) is 9.71. The molecule has 5 heteroatoms. The number of hydrogen-bond acceptors (Lipinski definition) is 4. The third-order valence-corrected chi connectivity index (χ3v) is 4.88. The van der Waals surface area contributed by atoms with E-state index in [0.29, 0.717) is 24.3 Å². The first-order valence-electron chi connectivity index (χ1n) is 9.71. The number of ether oxygens (including phenoxy) is 2. The molecule has 1 unspecified atom stereocenters. The van der Waals surface area contributed by atoms with Crippen molar-refractivity contribution in [3.8, 4) is 11.8 Å². The summed E-state index contributed by atoms with van der Waals surface area (Å²) < 4.78 is 11.3. The minimum absolute atomic E-state index is 0.0231. The number of carbonyl (C=O) groups is 1. The van der Waals surface area contributed by atoms with Gasteiger partial charge in [0, 0.05) is 24.8 Å². The number of rotatable bonds is 7. The standard InChI is InChI=1S/C23H26N2O3/c1-17(2)25(15-19-7-5-18(14-24)6-8-19)23(26)20-9-11-21(12-10-20)28-16-22-4-3-13-27-22/h5-12,17,22H,3-4,13,15-16H2,1-2H3. The molecule has 0 aromatic heterocycles. The van der Waals surface area contributed by atoms with Crippen molar-refractivity contribution in [2.45, 2.75) is 45.4 Å². The Labute approximate surface area is 166 Å². The second-order valence-electron chi connectivity index (χ2n) is 7.31. The van der Waals surface area contributed by atoms with Crippen LogP contribution in [0.3, 0.4) is 0 Å². The zero-order chi connectivity index (χ0) is 19.9. The van der Waals surface area contributed by atoms with E-state index in [1.165, 1.54) is 0 Å². The summed E-state index contributed by atoms with van der Waals surface area (Å²) in [4.78, 5) is 14.8. The zero-order valence-corrected chi connectivity index (χ0v) is 16.4. The van der Waals surface area contributed by atoms with Gasteiger partial charge in [0.05, 0.1) is 17.7 Å². The van der Waals surface area contributed by atoms with Crippen LogP contribution in [0, 0.1) is 11.3 Å². The van der Waals surface area contributed by atoms with Gasteiger partial charge in [0.15, 0.2) is 0 Å². The van der Waals surface area contributed by atoms with Crippen LogP contribution in [-0.4, -0.2) is 36.2 Å². The van der Waals surface area contributed by atoms with Crippen molar-refractivity contribution in [2.75, 3.05) is 13.2 Å². The molecule has 1 fully saturated rings. The summed E-state index contributed by atoms with van der Waals surface area (Å²) in [6.45, 7) is 5.86. The van der Waals surface area contributed by atoms with Crippen LogP contribution in [0.1, 0.15) is 48.2 Å². The Hall–Kier alpha value is -2.84. The van der Waals surface area contributed by atoms with E-state index in [9.17, 15) is 4.79 Å². The molecule has 1 atom stereocenters. The summed E-state index contributed by atoms with van der Waals surface area (Å²) in [5.74, 6) is 0.722. The quantitative estimate of drug-likeness (QED) is 0.725. The van der Waals surface area contributed by atoms with Crippen LogP contribution >= 0.6 is 0 Å². The third kappa shape index (κ3) is 5.11. The molecule has 28 heavy (non-hydrogen) atoms. The number of hydrogen-bond donors (Lipinski definition) is 0. The van der Waals surface area contributed by atoms with Gasteiger partial charge < -0.3 is 14.4 Å². The Morgan fingerprint density at radius 1 is 1.21 bits per heavy atom. The van der Waals surface area contributed by atoms with Crippen LogP contribution in [0.2, 0.25) is 0 Å². The number of carbonyl (C=O) groups excluding carboxylic acids is 1. The summed E-state index contributed by atoms with van der Waals surface area (Å²) >= 11 is 0. The molecular weight excluding hydrogens is 352 g/mol. The topological polar surface area (TPSA) is 62.6 Å². The molecule has 146 valence electrons. The van der Waals surface area contributed by atoms with Gasteiger partial charge >= 0.3 is 0 Å². The van der Waals surface area contributed by atoms with Gasteiger partial charge in [0.1, 0.15) is 12.4 Å². The summed E-state index contributed by atoms with van der Waals surface area (Å²) in [5.41, 5.74) is 2.24. The molecule has 0 radical (unpaired) electrons. The molecule has 1 amide bonds. The maximum Gasteiger partial charge on any atom is 0.254 e. The van der Waals surface area contributed by atoms with Crippen LogP contribution in [0.25, 0.3) is 0 Å². The number of nitriles is 1. The summed E-state index contributed by atoms with van der Waals surface area (Å²) in [6.07, 6.45) is 2.30. The second-order valence-corrected chi connectivity index (χ2v) is 7.31. The van der Waals surface area contributed by atoms with Gasteiger partial charge in [-0.05, 0) is 68.7 Å². The molecule has 3 rings (SSSR count). The summed E-state index contributed by atoms with van der Waals surface area (Å²) in [7, 11) is 0. The molecule has 0 N–H and O–H groups in total. The monoisotopic (exact) mass is 378 g/mol.